The highest BCUT2D eigenvalue weighted by Gasteiger charge is 2.42. The van der Waals surface area contributed by atoms with Crippen molar-refractivity contribution in [3.8, 4) is 22.1 Å². The molecule has 1 aliphatic rings. The minimum Gasteiger partial charge on any atom is -0.457 e. The lowest BCUT2D eigenvalue weighted by molar-refractivity contribution is -0.138. The summed E-state index contributed by atoms with van der Waals surface area (Å²) in [5, 5.41) is 12.3. The third kappa shape index (κ3) is 5.91. The van der Waals surface area contributed by atoms with E-state index in [0.29, 0.717) is 23.7 Å². The molecule has 1 amide bonds. The molecule has 13 heteroatoms. The van der Waals surface area contributed by atoms with Crippen LogP contribution in [0.3, 0.4) is 0 Å². The SMILES string of the molecule is CN1CCN(c2c(NC(=O)c3csc(-c4ccnnc4)n3)ccc(Oc3ccccc3)c2C(F)(F)F)C[C@@H]1CN. The number of likely N-dealkylation sites (N-methyl/N-ethyl adjacent to an activating group) is 1. The van der Waals surface area contributed by atoms with Crippen LogP contribution in [-0.4, -0.2) is 65.3 Å². The molecule has 40 heavy (non-hydrogen) atoms. The van der Waals surface area contributed by atoms with Gasteiger partial charge in [0.2, 0.25) is 0 Å². The van der Waals surface area contributed by atoms with Gasteiger partial charge in [-0.15, -0.1) is 11.3 Å². The minimum absolute atomic E-state index is 0.00168. The van der Waals surface area contributed by atoms with Gasteiger partial charge in [-0.25, -0.2) is 4.98 Å². The second-order valence-electron chi connectivity index (χ2n) is 9.19. The van der Waals surface area contributed by atoms with Crippen LogP contribution in [0.2, 0.25) is 0 Å². The van der Waals surface area contributed by atoms with Crippen LogP contribution < -0.4 is 20.7 Å². The number of hydrogen-bond acceptors (Lipinski definition) is 9. The zero-order valence-corrected chi connectivity index (χ0v) is 22.2. The fourth-order valence-corrected chi connectivity index (χ4v) is 5.29. The van der Waals surface area contributed by atoms with Gasteiger partial charge in [0, 0.05) is 43.2 Å². The Balaban J connectivity index is 1.56. The van der Waals surface area contributed by atoms with Crippen molar-refractivity contribution in [2.45, 2.75) is 12.2 Å². The van der Waals surface area contributed by atoms with E-state index in [1.807, 2.05) is 11.9 Å². The molecule has 3 N–H and O–H groups in total. The van der Waals surface area contributed by atoms with Crippen molar-refractivity contribution in [2.75, 3.05) is 43.4 Å². The van der Waals surface area contributed by atoms with E-state index in [0.717, 1.165) is 0 Å². The van der Waals surface area contributed by atoms with E-state index in [2.05, 4.69) is 20.5 Å². The number of para-hydroxylation sites is 1. The molecule has 1 aliphatic heterocycles. The molecule has 0 spiro atoms. The Morgan fingerprint density at radius 1 is 1.15 bits per heavy atom. The van der Waals surface area contributed by atoms with Gasteiger partial charge >= 0.3 is 6.18 Å². The number of carbonyl (C=O) groups is 1. The van der Waals surface area contributed by atoms with E-state index in [1.165, 1.54) is 35.9 Å². The molecule has 0 saturated carbocycles. The van der Waals surface area contributed by atoms with Crippen LogP contribution in [0.5, 0.6) is 11.5 Å². The summed E-state index contributed by atoms with van der Waals surface area (Å²) in [6.45, 7) is 1.29. The first-order valence-electron chi connectivity index (χ1n) is 12.4. The van der Waals surface area contributed by atoms with Crippen LogP contribution in [0.1, 0.15) is 16.1 Å². The Hall–Kier alpha value is -4.07. The van der Waals surface area contributed by atoms with Crippen LogP contribution in [0, 0.1) is 0 Å². The molecule has 9 nitrogen and oxygen atoms in total. The van der Waals surface area contributed by atoms with E-state index in [-0.39, 0.29) is 47.7 Å². The second-order valence-corrected chi connectivity index (χ2v) is 10.0. The Morgan fingerprint density at radius 2 is 1.95 bits per heavy atom. The number of amides is 1. The van der Waals surface area contributed by atoms with E-state index in [1.54, 1.807) is 46.7 Å². The molecule has 1 atom stereocenters. The largest absolute Gasteiger partial charge is 0.457 e. The van der Waals surface area contributed by atoms with Crippen LogP contribution in [-0.2, 0) is 6.18 Å². The van der Waals surface area contributed by atoms with Gasteiger partial charge < -0.3 is 20.7 Å². The highest BCUT2D eigenvalue weighted by atomic mass is 32.1. The van der Waals surface area contributed by atoms with Gasteiger partial charge in [-0.3, -0.25) is 9.69 Å². The van der Waals surface area contributed by atoms with Gasteiger partial charge in [-0.05, 0) is 37.4 Å². The fourth-order valence-electron chi connectivity index (χ4n) is 4.49. The number of carbonyl (C=O) groups excluding carboxylic acids is 1. The highest BCUT2D eigenvalue weighted by Crippen LogP contribution is 2.48. The summed E-state index contributed by atoms with van der Waals surface area (Å²) < 4.78 is 50.1. The molecule has 0 radical (unpaired) electrons. The van der Waals surface area contributed by atoms with Gasteiger partial charge in [-0.1, -0.05) is 18.2 Å². The Morgan fingerprint density at radius 3 is 2.65 bits per heavy atom. The number of halogens is 3. The summed E-state index contributed by atoms with van der Waals surface area (Å²) in [7, 11) is 1.88. The first kappa shape index (κ1) is 27.5. The summed E-state index contributed by atoms with van der Waals surface area (Å²) >= 11 is 1.22. The Bertz CT molecular complexity index is 1470. The number of piperazine rings is 1. The number of thiazole rings is 1. The van der Waals surface area contributed by atoms with Crippen molar-refractivity contribution in [3.05, 3.63) is 77.6 Å². The lowest BCUT2D eigenvalue weighted by Crippen LogP contribution is -2.54. The molecule has 3 heterocycles. The summed E-state index contributed by atoms with van der Waals surface area (Å²) in [5.74, 6) is -0.745. The standard InChI is InChI=1S/C27H26F3N7O2S/c1-36-11-12-37(15-18(36)13-31)24-20(34-25(38)21-16-40-26(35-21)17-9-10-32-33-14-17)7-8-22(23(24)27(28,29)30)39-19-5-3-2-4-6-19/h2-10,14,16,18H,11-13,15,31H2,1H3,(H,34,38)/t18-/m0/s1. The molecule has 5 rings (SSSR count). The lowest BCUT2D eigenvalue weighted by Gasteiger charge is -2.41. The maximum absolute atomic E-state index is 14.8. The monoisotopic (exact) mass is 569 g/mol. The molecule has 0 unspecified atom stereocenters. The number of aromatic nitrogens is 3. The minimum atomic E-state index is -4.79. The van der Waals surface area contributed by atoms with E-state index >= 15 is 0 Å². The Labute approximate surface area is 232 Å². The average molecular weight is 570 g/mol. The van der Waals surface area contributed by atoms with Gasteiger partial charge in [0.1, 0.15) is 27.8 Å². The van der Waals surface area contributed by atoms with Crippen LogP contribution >= 0.6 is 11.3 Å². The van der Waals surface area contributed by atoms with E-state index < -0.39 is 17.6 Å². The molecule has 208 valence electrons. The molecule has 4 aromatic rings. The van der Waals surface area contributed by atoms with Crippen molar-refractivity contribution >= 4 is 28.6 Å². The lowest BCUT2D eigenvalue weighted by atomic mass is 10.0. The van der Waals surface area contributed by atoms with Crippen molar-refractivity contribution in [1.82, 2.24) is 20.1 Å². The second kappa shape index (κ2) is 11.6. The third-order valence-corrected chi connectivity index (χ3v) is 7.47. The van der Waals surface area contributed by atoms with Crippen LogP contribution in [0.25, 0.3) is 10.6 Å². The quantitative estimate of drug-likeness (QED) is 0.329. The van der Waals surface area contributed by atoms with Gasteiger partial charge in [0.05, 0.1) is 23.8 Å². The number of rotatable bonds is 7. The van der Waals surface area contributed by atoms with Crippen molar-refractivity contribution in [3.63, 3.8) is 0 Å². The number of nitrogens with zero attached hydrogens (tertiary/aromatic N) is 5. The highest BCUT2D eigenvalue weighted by molar-refractivity contribution is 7.13. The summed E-state index contributed by atoms with van der Waals surface area (Å²) in [6.07, 6.45) is -1.77. The van der Waals surface area contributed by atoms with Crippen LogP contribution in [0.15, 0.2) is 66.3 Å². The number of alkyl halides is 3. The summed E-state index contributed by atoms with van der Waals surface area (Å²) in [4.78, 5) is 21.2. The fraction of sp³-hybridized carbons (Fsp3) is 0.259. The predicted molar refractivity (Wildman–Crippen MR) is 147 cm³/mol. The molecule has 1 fully saturated rings. The average Bonchev–Trinajstić information content (AvgIpc) is 3.45. The maximum Gasteiger partial charge on any atom is 0.422 e. The Kier molecular flexibility index (Phi) is 7.96. The number of benzene rings is 2. The number of nitrogens with one attached hydrogen (secondary N) is 1. The molecular weight excluding hydrogens is 543 g/mol. The topological polar surface area (TPSA) is 110 Å². The van der Waals surface area contributed by atoms with Gasteiger partial charge in [-0.2, -0.15) is 23.4 Å². The third-order valence-electron chi connectivity index (χ3n) is 6.58. The number of ether oxygens (including phenoxy) is 1. The summed E-state index contributed by atoms with van der Waals surface area (Å²) in [6, 6.07) is 12.4. The molecule has 2 aromatic heterocycles. The predicted octanol–water partition coefficient (Wildman–Crippen LogP) is 4.74. The van der Waals surface area contributed by atoms with Gasteiger partial charge in [0.15, 0.2) is 0 Å². The van der Waals surface area contributed by atoms with Crippen LogP contribution in [0.4, 0.5) is 24.5 Å². The first-order valence-corrected chi connectivity index (χ1v) is 13.3. The van der Waals surface area contributed by atoms with Crippen molar-refractivity contribution in [2.24, 2.45) is 5.73 Å². The number of anilines is 2. The normalized spacial score (nSPS) is 16.1. The molecule has 0 aliphatic carbocycles. The molecule has 1 saturated heterocycles. The molecule has 0 bridgehead atoms. The first-order chi connectivity index (χ1) is 19.2. The zero-order valence-electron chi connectivity index (χ0n) is 21.4. The van der Waals surface area contributed by atoms with E-state index in [4.69, 9.17) is 10.5 Å². The molecule has 2 aromatic carbocycles. The van der Waals surface area contributed by atoms with Gasteiger partial charge in [0.25, 0.3) is 5.91 Å². The summed E-state index contributed by atoms with van der Waals surface area (Å²) in [5.41, 5.74) is 5.53. The van der Waals surface area contributed by atoms with E-state index in [9.17, 15) is 18.0 Å². The maximum atomic E-state index is 14.8. The zero-order chi connectivity index (χ0) is 28.3. The molecular formula is C27H26F3N7O2S. The van der Waals surface area contributed by atoms with Crippen molar-refractivity contribution in [1.29, 1.82) is 0 Å². The number of hydrogen-bond donors (Lipinski definition) is 2. The number of nitrogens with two attached hydrogens (primary N) is 1. The van der Waals surface area contributed by atoms with Crippen molar-refractivity contribution < 1.29 is 22.7 Å². The smallest absolute Gasteiger partial charge is 0.422 e.